The van der Waals surface area contributed by atoms with E-state index in [1.54, 1.807) is 12.4 Å². The van der Waals surface area contributed by atoms with Gasteiger partial charge in [-0.25, -0.2) is 4.98 Å². The lowest BCUT2D eigenvalue weighted by Crippen LogP contribution is -2.13. The minimum absolute atomic E-state index is 0.0549. The second-order valence-electron chi connectivity index (χ2n) is 1.62. The van der Waals surface area contributed by atoms with Crippen molar-refractivity contribution in [2.45, 2.75) is 0 Å². The molecule has 0 bridgehead atoms. The summed E-state index contributed by atoms with van der Waals surface area (Å²) in [5.74, 6) is 0.100. The zero-order valence-electron chi connectivity index (χ0n) is 5.10. The summed E-state index contributed by atoms with van der Waals surface area (Å²) in [5, 5.41) is 2.43. The molecule has 0 saturated heterocycles. The number of aromatic amines is 1. The van der Waals surface area contributed by atoms with Crippen LogP contribution in [0.5, 0.6) is 0 Å². The standard InChI is InChI=1S/C5H6ClN3O/c6-3-4(10)9-5-7-1-2-8-5/h1-2H,3H2,(H2,7,8,9,10). The summed E-state index contributed by atoms with van der Waals surface area (Å²) in [6, 6.07) is 0. The molecule has 0 aliphatic rings. The molecule has 4 nitrogen and oxygen atoms in total. The zero-order valence-corrected chi connectivity index (χ0v) is 5.85. The van der Waals surface area contributed by atoms with Crippen LogP contribution >= 0.6 is 11.6 Å². The highest BCUT2D eigenvalue weighted by Crippen LogP contribution is 1.94. The predicted octanol–water partition coefficient (Wildman–Crippen LogP) is 0.587. The van der Waals surface area contributed by atoms with E-state index in [9.17, 15) is 4.79 Å². The van der Waals surface area contributed by atoms with Crippen LogP contribution in [-0.4, -0.2) is 21.8 Å². The van der Waals surface area contributed by atoms with E-state index in [0.29, 0.717) is 5.95 Å². The summed E-state index contributed by atoms with van der Waals surface area (Å²) in [6.07, 6.45) is 3.16. The smallest absolute Gasteiger partial charge is 0.241 e. The van der Waals surface area contributed by atoms with Crippen molar-refractivity contribution in [3.05, 3.63) is 12.4 Å². The van der Waals surface area contributed by atoms with Crippen LogP contribution in [0.3, 0.4) is 0 Å². The lowest BCUT2D eigenvalue weighted by molar-refractivity contribution is -0.114. The molecule has 0 aliphatic carbocycles. The fourth-order valence-corrected chi connectivity index (χ4v) is 0.566. The Balaban J connectivity index is 2.48. The van der Waals surface area contributed by atoms with E-state index in [4.69, 9.17) is 11.6 Å². The van der Waals surface area contributed by atoms with Crippen LogP contribution < -0.4 is 5.32 Å². The van der Waals surface area contributed by atoms with Crippen molar-refractivity contribution in [2.24, 2.45) is 0 Å². The van der Waals surface area contributed by atoms with Gasteiger partial charge < -0.3 is 4.98 Å². The Labute approximate surface area is 62.6 Å². The Bertz CT molecular complexity index is 209. The molecule has 1 amide bonds. The maximum Gasteiger partial charge on any atom is 0.241 e. The molecule has 1 aromatic rings. The largest absolute Gasteiger partial charge is 0.331 e. The van der Waals surface area contributed by atoms with Crippen LogP contribution in [0.25, 0.3) is 0 Å². The van der Waals surface area contributed by atoms with Gasteiger partial charge in [-0.1, -0.05) is 0 Å². The number of amides is 1. The molecule has 10 heavy (non-hydrogen) atoms. The van der Waals surface area contributed by atoms with Crippen LogP contribution in [0.1, 0.15) is 0 Å². The molecule has 0 spiro atoms. The number of carbonyl (C=O) groups excluding carboxylic acids is 1. The number of nitrogens with one attached hydrogen (secondary N) is 2. The van der Waals surface area contributed by atoms with Gasteiger partial charge in [0.25, 0.3) is 0 Å². The fraction of sp³-hybridized carbons (Fsp3) is 0.200. The van der Waals surface area contributed by atoms with Crippen molar-refractivity contribution in [1.82, 2.24) is 9.97 Å². The van der Waals surface area contributed by atoms with Crippen molar-refractivity contribution in [3.63, 3.8) is 0 Å². The number of nitrogens with zero attached hydrogens (tertiary/aromatic N) is 1. The molecule has 5 heteroatoms. The summed E-state index contributed by atoms with van der Waals surface area (Å²) in [4.78, 5) is 17.0. The van der Waals surface area contributed by atoms with E-state index in [2.05, 4.69) is 15.3 Å². The molecule has 1 aromatic heterocycles. The second-order valence-corrected chi connectivity index (χ2v) is 1.89. The maximum atomic E-state index is 10.6. The Morgan fingerprint density at radius 2 is 2.70 bits per heavy atom. The van der Waals surface area contributed by atoms with Crippen LogP contribution in [0, 0.1) is 0 Å². The van der Waals surface area contributed by atoms with Crippen LogP contribution in [0.15, 0.2) is 12.4 Å². The van der Waals surface area contributed by atoms with Gasteiger partial charge in [-0.3, -0.25) is 10.1 Å². The van der Waals surface area contributed by atoms with Gasteiger partial charge in [-0.15, -0.1) is 11.6 Å². The van der Waals surface area contributed by atoms with E-state index in [1.165, 1.54) is 0 Å². The summed E-state index contributed by atoms with van der Waals surface area (Å²) >= 11 is 5.22. The highest BCUT2D eigenvalue weighted by Gasteiger charge is 1.98. The number of carbonyl (C=O) groups is 1. The normalized spacial score (nSPS) is 9.30. The third kappa shape index (κ3) is 1.73. The maximum absolute atomic E-state index is 10.6. The van der Waals surface area contributed by atoms with Gasteiger partial charge in [0, 0.05) is 12.4 Å². The molecule has 0 aliphatic heterocycles. The summed E-state index contributed by atoms with van der Waals surface area (Å²) in [5.41, 5.74) is 0. The van der Waals surface area contributed by atoms with Gasteiger partial charge in [0.2, 0.25) is 11.9 Å². The first-order chi connectivity index (χ1) is 4.83. The summed E-state index contributed by atoms with van der Waals surface area (Å²) in [7, 11) is 0. The van der Waals surface area contributed by atoms with Gasteiger partial charge in [-0.05, 0) is 0 Å². The van der Waals surface area contributed by atoms with Crippen molar-refractivity contribution < 1.29 is 4.79 Å². The van der Waals surface area contributed by atoms with Crippen LogP contribution in [0.4, 0.5) is 5.95 Å². The van der Waals surface area contributed by atoms with Crippen LogP contribution in [0.2, 0.25) is 0 Å². The number of hydrogen-bond donors (Lipinski definition) is 2. The van der Waals surface area contributed by atoms with Crippen molar-refractivity contribution >= 4 is 23.5 Å². The molecule has 1 heterocycles. The molecular formula is C5H6ClN3O. The summed E-state index contributed by atoms with van der Waals surface area (Å²) in [6.45, 7) is 0. The minimum Gasteiger partial charge on any atom is -0.331 e. The van der Waals surface area contributed by atoms with Gasteiger partial charge in [-0.2, -0.15) is 0 Å². The van der Waals surface area contributed by atoms with E-state index >= 15 is 0 Å². The van der Waals surface area contributed by atoms with Crippen LogP contribution in [-0.2, 0) is 4.79 Å². The minimum atomic E-state index is -0.267. The van der Waals surface area contributed by atoms with Crippen molar-refractivity contribution in [2.75, 3.05) is 11.2 Å². The average molecular weight is 160 g/mol. The Morgan fingerprint density at radius 1 is 1.90 bits per heavy atom. The Morgan fingerprint density at radius 3 is 3.20 bits per heavy atom. The quantitative estimate of drug-likeness (QED) is 0.621. The highest BCUT2D eigenvalue weighted by molar-refractivity contribution is 6.28. The lowest BCUT2D eigenvalue weighted by Gasteiger charge is -1.94. The van der Waals surface area contributed by atoms with Gasteiger partial charge in [0.15, 0.2) is 0 Å². The lowest BCUT2D eigenvalue weighted by atomic mass is 10.7. The van der Waals surface area contributed by atoms with E-state index in [0.717, 1.165) is 0 Å². The number of H-pyrrole nitrogens is 1. The molecule has 0 atom stereocenters. The molecule has 0 fully saturated rings. The number of anilines is 1. The monoisotopic (exact) mass is 159 g/mol. The first-order valence-electron chi connectivity index (χ1n) is 2.68. The molecule has 0 aromatic carbocycles. The fourth-order valence-electron chi connectivity index (χ4n) is 0.499. The van der Waals surface area contributed by atoms with Gasteiger partial charge >= 0.3 is 0 Å². The SMILES string of the molecule is O=C(CCl)Nc1ncc[nH]1. The molecule has 2 N–H and O–H groups in total. The predicted molar refractivity (Wildman–Crippen MR) is 37.9 cm³/mol. The van der Waals surface area contributed by atoms with E-state index in [-0.39, 0.29) is 11.8 Å². The van der Waals surface area contributed by atoms with E-state index in [1.807, 2.05) is 0 Å². The topological polar surface area (TPSA) is 57.8 Å². The molecule has 0 saturated carbocycles. The number of alkyl halides is 1. The third-order valence-electron chi connectivity index (χ3n) is 0.877. The van der Waals surface area contributed by atoms with Gasteiger partial charge in [0.05, 0.1) is 0 Å². The molecular weight excluding hydrogens is 154 g/mol. The first-order valence-corrected chi connectivity index (χ1v) is 3.21. The Hall–Kier alpha value is -1.03. The second kappa shape index (κ2) is 3.22. The molecule has 0 unspecified atom stereocenters. The average Bonchev–Trinajstić information content (AvgIpc) is 2.40. The molecule has 54 valence electrons. The third-order valence-corrected chi connectivity index (χ3v) is 1.12. The highest BCUT2D eigenvalue weighted by atomic mass is 35.5. The number of hydrogen-bond acceptors (Lipinski definition) is 2. The zero-order chi connectivity index (χ0) is 7.40. The van der Waals surface area contributed by atoms with Gasteiger partial charge in [0.1, 0.15) is 5.88 Å². The number of halogens is 1. The Kier molecular flexibility index (Phi) is 2.28. The first kappa shape index (κ1) is 7.08. The summed E-state index contributed by atoms with van der Waals surface area (Å²) < 4.78 is 0. The van der Waals surface area contributed by atoms with E-state index < -0.39 is 0 Å². The number of rotatable bonds is 2. The number of imidazole rings is 1. The van der Waals surface area contributed by atoms with Crippen molar-refractivity contribution in [1.29, 1.82) is 0 Å². The molecule has 0 radical (unpaired) electrons. The molecule has 1 rings (SSSR count). The van der Waals surface area contributed by atoms with Crippen molar-refractivity contribution in [3.8, 4) is 0 Å². The number of aromatic nitrogens is 2.